The summed E-state index contributed by atoms with van der Waals surface area (Å²) in [4.78, 5) is 14.5. The van der Waals surface area contributed by atoms with Crippen molar-refractivity contribution in [1.29, 1.82) is 0 Å². The molecule has 218 valence electrons. The van der Waals surface area contributed by atoms with Crippen LogP contribution in [0.3, 0.4) is 0 Å². The molecule has 3 aromatic carbocycles. The molecule has 1 aliphatic rings. The zero-order valence-corrected chi connectivity index (χ0v) is 26.5. The molecule has 40 heavy (non-hydrogen) atoms. The van der Waals surface area contributed by atoms with Crippen molar-refractivity contribution in [1.82, 2.24) is 0 Å². The molecule has 1 aliphatic heterocycles. The fraction of sp³-hybridized carbons (Fsp3) is 0.300. The molecule has 4 rings (SSSR count). The first kappa shape index (κ1) is 32.1. The van der Waals surface area contributed by atoms with Gasteiger partial charge in [-0.2, -0.15) is 6.67 Å². The summed E-state index contributed by atoms with van der Waals surface area (Å²) < 4.78 is 38.2. The topological polar surface area (TPSA) is 31.1 Å². The Morgan fingerprint density at radius 2 is 1.23 bits per heavy atom. The number of para-hydroxylation sites is 1. The van der Waals surface area contributed by atoms with Crippen molar-refractivity contribution >= 4 is 47.1 Å². The summed E-state index contributed by atoms with van der Waals surface area (Å²) >= 11 is -2.50. The van der Waals surface area contributed by atoms with Crippen molar-refractivity contribution in [3.63, 3.8) is 0 Å². The average Bonchev–Trinajstić information content (AvgIpc) is 3.30. The van der Waals surface area contributed by atoms with E-state index in [-0.39, 0.29) is 5.69 Å². The molecule has 1 N–H and O–H groups in total. The van der Waals surface area contributed by atoms with Crippen molar-refractivity contribution in [3.05, 3.63) is 94.6 Å². The molecule has 1 amide bonds. The first-order chi connectivity index (χ1) is 18.7. The van der Waals surface area contributed by atoms with Gasteiger partial charge in [-0.25, -0.2) is 0 Å². The molecule has 3 aromatic rings. The number of carbonyl (C=O) groups excluding carboxylic acids is 1. The van der Waals surface area contributed by atoms with Crippen LogP contribution < -0.4 is 14.7 Å². The van der Waals surface area contributed by atoms with E-state index in [0.29, 0.717) is 4.90 Å². The van der Waals surface area contributed by atoms with Crippen molar-refractivity contribution in [2.24, 2.45) is 0 Å². The van der Waals surface area contributed by atoms with Gasteiger partial charge < -0.3 is 9.80 Å². The van der Waals surface area contributed by atoms with Gasteiger partial charge in [-0.3, -0.25) is 0 Å². The van der Waals surface area contributed by atoms with Crippen LogP contribution in [-0.4, -0.2) is 34.7 Å². The number of amides is 1. The van der Waals surface area contributed by atoms with E-state index in [0.717, 1.165) is 17.8 Å². The molecule has 1 fully saturated rings. The van der Waals surface area contributed by atoms with Gasteiger partial charge in [-0.1, -0.05) is 35.4 Å². The van der Waals surface area contributed by atoms with E-state index in [2.05, 4.69) is 82.3 Å². The Bertz CT molecular complexity index is 1280. The van der Waals surface area contributed by atoms with E-state index in [9.17, 15) is 13.2 Å². The second-order valence-electron chi connectivity index (χ2n) is 9.82. The Labute approximate surface area is 247 Å². The summed E-state index contributed by atoms with van der Waals surface area (Å²) in [5, 5.41) is 0. The predicted octanol–water partition coefficient (Wildman–Crippen LogP) is 8.23. The third kappa shape index (κ3) is 8.08. The van der Waals surface area contributed by atoms with Gasteiger partial charge in [0.05, 0.1) is 0 Å². The minimum absolute atomic E-state index is 0.141. The molecule has 1 heterocycles. The maximum absolute atomic E-state index is 12.4. The van der Waals surface area contributed by atoms with Gasteiger partial charge in [0.25, 0.3) is 0 Å². The normalized spacial score (nSPS) is 13.5. The fourth-order valence-corrected chi connectivity index (χ4v) is 6.73. The monoisotopic (exact) mass is 681 g/mol. The van der Waals surface area contributed by atoms with Crippen LogP contribution in [0.1, 0.15) is 33.4 Å². The van der Waals surface area contributed by atoms with Crippen molar-refractivity contribution < 1.29 is 31.5 Å². The third-order valence-electron chi connectivity index (χ3n) is 6.38. The molecule has 0 saturated carbocycles. The fourth-order valence-electron chi connectivity index (χ4n) is 5.10. The van der Waals surface area contributed by atoms with Crippen molar-refractivity contribution in [2.45, 2.75) is 47.7 Å². The number of anilines is 3. The van der Waals surface area contributed by atoms with E-state index < -0.39 is 25.6 Å². The molecule has 4 nitrogen and oxygen atoms in total. The molecule has 10 heteroatoms. The van der Waals surface area contributed by atoms with E-state index in [1.165, 1.54) is 56.9 Å². The zero-order chi connectivity index (χ0) is 29.8. The number of benzene rings is 3. The molecule has 0 radical (unpaired) electrons. The van der Waals surface area contributed by atoms with E-state index in [4.69, 9.17) is 24.2 Å². The molecule has 0 spiro atoms. The number of alkyl halides is 3. The summed E-state index contributed by atoms with van der Waals surface area (Å²) in [5.41, 5.74) is 11.0. The first-order valence-electron chi connectivity index (χ1n) is 12.5. The Morgan fingerprint density at radius 1 is 0.825 bits per heavy atom. The van der Waals surface area contributed by atoms with Crippen LogP contribution in [0.4, 0.5) is 30.2 Å². The quantitative estimate of drug-likeness (QED) is 0.158. The Kier molecular flexibility index (Phi) is 10.8. The first-order valence-corrected chi connectivity index (χ1v) is 18.0. The Balaban J connectivity index is 0.000000232. The van der Waals surface area contributed by atoms with Crippen LogP contribution in [-0.2, 0) is 13.5 Å². The van der Waals surface area contributed by atoms with Gasteiger partial charge in [0, 0.05) is 24.5 Å². The van der Waals surface area contributed by atoms with Crippen LogP contribution in [0.5, 0.6) is 0 Å². The summed E-state index contributed by atoms with van der Waals surface area (Å²) in [6, 6.07) is 16.7. The van der Waals surface area contributed by atoms with Crippen molar-refractivity contribution in [3.8, 4) is 0 Å². The van der Waals surface area contributed by atoms with E-state index in [1.54, 1.807) is 18.2 Å². The molecule has 0 unspecified atom stereocenters. The van der Waals surface area contributed by atoms with Gasteiger partial charge in [-0.05, 0) is 63.8 Å². The van der Waals surface area contributed by atoms with Crippen LogP contribution in [0.25, 0.3) is 0 Å². The van der Waals surface area contributed by atoms with E-state index in [1.807, 2.05) is 0 Å². The number of hydrogen-bond acceptors (Lipinski definition) is 2. The number of halogens is 5. The van der Waals surface area contributed by atoms with Crippen LogP contribution in [0.2, 0.25) is 0 Å². The SMILES string of the molecule is Cc1cc(C)c(N2[CH-]N(c3c(C)cc(C)cc3C)CC2)c(C)c1.[OH+]=C(N([CH]=[Ru]([Cl])[Cl])c1ccccc1)C(F)(F)F. The maximum atomic E-state index is 12.4. The van der Waals surface area contributed by atoms with Gasteiger partial charge in [0.2, 0.25) is 0 Å². The van der Waals surface area contributed by atoms with Gasteiger partial charge in [-0.15, -0.1) is 0 Å². The standard InChI is InChI=1S/C21H27N2.C9H6F3NO.2ClH.Ru/c1-14-9-16(3)20(17(4)10-14)22-7-8-23(13-22)21-18(5)11-15(2)12-19(21)6;1-13(8(14)9(10,11)12)7-5-3-2-4-6-7;;;/h9-13H,7-8H2,1-6H3;1-6H;2*1H;/q-1;;;;+2/p-1. The van der Waals surface area contributed by atoms with Crippen LogP contribution in [0, 0.1) is 48.2 Å². The number of nitrogens with zero attached hydrogens (tertiary/aromatic N) is 3. The Hall–Kier alpha value is -2.41. The van der Waals surface area contributed by atoms with Crippen molar-refractivity contribution in [2.75, 3.05) is 27.8 Å². The third-order valence-corrected chi connectivity index (χ3v) is 7.99. The molecule has 0 aromatic heterocycles. The Morgan fingerprint density at radius 3 is 1.57 bits per heavy atom. The summed E-state index contributed by atoms with van der Waals surface area (Å²) in [7, 11) is 11.1. The number of hydrogen-bond donors (Lipinski definition) is 0. The van der Waals surface area contributed by atoms with Crippen LogP contribution in [0.15, 0.2) is 54.6 Å². The van der Waals surface area contributed by atoms with E-state index >= 15 is 0 Å². The minimum atomic E-state index is -4.86. The van der Waals surface area contributed by atoms with Crippen LogP contribution >= 0.6 is 19.4 Å². The zero-order valence-electron chi connectivity index (χ0n) is 23.3. The molecular weight excluding hydrogens is 647 g/mol. The second-order valence-corrected chi connectivity index (χ2v) is 15.5. The average molecular weight is 682 g/mol. The predicted molar refractivity (Wildman–Crippen MR) is 160 cm³/mol. The molecular formula is C30H34Cl2F3N3ORu. The molecule has 0 atom stereocenters. The molecule has 0 aliphatic carbocycles. The number of aryl methyl sites for hydroxylation is 6. The summed E-state index contributed by atoms with van der Waals surface area (Å²) in [6.07, 6.45) is -4.86. The molecule has 1 saturated heterocycles. The van der Waals surface area contributed by atoms with Gasteiger partial charge in [0.1, 0.15) is 0 Å². The number of rotatable bonds is 4. The second kappa shape index (κ2) is 13.5. The summed E-state index contributed by atoms with van der Waals surface area (Å²) in [6.45, 7) is 17.6. The summed E-state index contributed by atoms with van der Waals surface area (Å²) in [5.74, 6) is -1.76. The molecule has 0 bridgehead atoms. The van der Waals surface area contributed by atoms with Gasteiger partial charge in [0.15, 0.2) is 0 Å². The van der Waals surface area contributed by atoms with Gasteiger partial charge >= 0.3 is 109 Å².